The van der Waals surface area contributed by atoms with Crippen molar-refractivity contribution in [2.24, 2.45) is 0 Å². The molecule has 0 fully saturated rings. The second kappa shape index (κ2) is 7.99. The number of rotatable bonds is 10. The molecule has 0 rings (SSSR count). The predicted molar refractivity (Wildman–Crippen MR) is 79.2 cm³/mol. The first-order valence-corrected chi connectivity index (χ1v) is 12.1. The second-order valence-electron chi connectivity index (χ2n) is 5.01. The van der Waals surface area contributed by atoms with Crippen LogP contribution < -0.4 is 0 Å². The van der Waals surface area contributed by atoms with Gasteiger partial charge in [-0.1, -0.05) is 13.8 Å². The van der Waals surface area contributed by atoms with Crippen LogP contribution in [0.3, 0.4) is 0 Å². The maximum atomic E-state index is 11.7. The van der Waals surface area contributed by atoms with Crippen molar-refractivity contribution < 1.29 is 32.9 Å². The summed E-state index contributed by atoms with van der Waals surface area (Å²) < 4.78 is 65.5. The third-order valence-corrected chi connectivity index (χ3v) is 8.29. The van der Waals surface area contributed by atoms with Gasteiger partial charge in [0.1, 0.15) is 0 Å². The van der Waals surface area contributed by atoms with Gasteiger partial charge in [-0.05, 0) is 39.8 Å². The Morgan fingerprint density at radius 2 is 1.10 bits per heavy atom. The van der Waals surface area contributed by atoms with Crippen LogP contribution in [0.25, 0.3) is 0 Å². The fourth-order valence-corrected chi connectivity index (χ4v) is 6.77. The maximum Gasteiger partial charge on any atom is 0.392 e. The Labute approximate surface area is 128 Å². The molecular weight excluding hydrogens is 340 g/mol. The van der Waals surface area contributed by atoms with Crippen molar-refractivity contribution in [2.75, 3.05) is 0 Å². The number of hydrogen-bond acceptors (Lipinski definition) is 8. The van der Waals surface area contributed by atoms with E-state index in [4.69, 9.17) is 16.1 Å². The normalized spacial score (nSPS) is 16.7. The lowest BCUT2D eigenvalue weighted by Gasteiger charge is -2.22. The van der Waals surface area contributed by atoms with Gasteiger partial charge in [-0.2, -0.15) is 16.8 Å². The Bertz CT molecular complexity index is 467. The van der Waals surface area contributed by atoms with Crippen LogP contribution in [0.1, 0.15) is 40.5 Å². The number of hydrogen-bond donors (Lipinski definition) is 0. The first-order chi connectivity index (χ1) is 9.32. The molecule has 11 heteroatoms. The Kier molecular flexibility index (Phi) is 7.98. The van der Waals surface area contributed by atoms with Gasteiger partial charge in [-0.15, -0.1) is 0 Å². The minimum absolute atomic E-state index is 0.459. The lowest BCUT2D eigenvalue weighted by atomic mass is 10.3. The lowest BCUT2D eigenvalue weighted by Crippen LogP contribution is -2.41. The van der Waals surface area contributed by atoms with E-state index >= 15 is 0 Å². The summed E-state index contributed by atoms with van der Waals surface area (Å²) in [5.74, 6) is 0. The third-order valence-electron chi connectivity index (χ3n) is 2.32. The van der Waals surface area contributed by atoms with Crippen molar-refractivity contribution in [1.29, 1.82) is 0 Å². The molecule has 0 aliphatic heterocycles. The van der Waals surface area contributed by atoms with E-state index in [1.807, 2.05) is 0 Å². The second-order valence-corrected chi connectivity index (χ2v) is 11.2. The summed E-state index contributed by atoms with van der Waals surface area (Å²) in [5.41, 5.74) is 0. The molecule has 21 heavy (non-hydrogen) atoms. The maximum absolute atomic E-state index is 11.7. The van der Waals surface area contributed by atoms with Crippen LogP contribution in [0.5, 0.6) is 0 Å². The van der Waals surface area contributed by atoms with Gasteiger partial charge in [-0.3, -0.25) is 7.74 Å². The molecule has 0 saturated heterocycles. The molecule has 0 aromatic heterocycles. The van der Waals surface area contributed by atoms with Crippen molar-refractivity contribution in [3.05, 3.63) is 0 Å². The smallest absolute Gasteiger partial charge is 0.262 e. The highest BCUT2D eigenvalue weighted by Crippen LogP contribution is 2.18. The highest BCUT2D eigenvalue weighted by Gasteiger charge is 2.39. The van der Waals surface area contributed by atoms with Gasteiger partial charge in [0, 0.05) is 0 Å². The third kappa shape index (κ3) is 9.55. The highest BCUT2D eigenvalue weighted by atomic mass is 32.3. The monoisotopic (exact) mass is 364 g/mol. The Morgan fingerprint density at radius 1 is 0.810 bits per heavy atom. The van der Waals surface area contributed by atoms with Crippen molar-refractivity contribution in [3.63, 3.8) is 0 Å². The SMILES string of the molecule is CCC(C)OS(=O)(=O)O[Si](C)(C)OS(=O)(=O)OC(C)CC. The summed E-state index contributed by atoms with van der Waals surface area (Å²) >= 11 is 0. The van der Waals surface area contributed by atoms with Crippen LogP contribution >= 0.6 is 0 Å². The Morgan fingerprint density at radius 3 is 1.33 bits per heavy atom. The van der Waals surface area contributed by atoms with E-state index in [1.54, 1.807) is 27.7 Å². The van der Waals surface area contributed by atoms with Crippen LogP contribution in [-0.2, 0) is 36.9 Å². The summed E-state index contributed by atoms with van der Waals surface area (Å²) in [6, 6.07) is 0. The molecule has 2 unspecified atom stereocenters. The fraction of sp³-hybridized carbons (Fsp3) is 1.00. The predicted octanol–water partition coefficient (Wildman–Crippen LogP) is 1.84. The fourth-order valence-electron chi connectivity index (χ4n) is 1.08. The minimum Gasteiger partial charge on any atom is -0.262 e. The molecule has 128 valence electrons. The van der Waals surface area contributed by atoms with Gasteiger partial charge >= 0.3 is 29.4 Å². The van der Waals surface area contributed by atoms with Gasteiger partial charge in [0.2, 0.25) is 0 Å². The topological polar surface area (TPSA) is 105 Å². The van der Waals surface area contributed by atoms with E-state index in [0.29, 0.717) is 12.8 Å². The van der Waals surface area contributed by atoms with Crippen molar-refractivity contribution in [2.45, 2.75) is 65.8 Å². The van der Waals surface area contributed by atoms with Crippen LogP contribution in [-0.4, -0.2) is 37.6 Å². The van der Waals surface area contributed by atoms with Crippen molar-refractivity contribution in [1.82, 2.24) is 0 Å². The largest absolute Gasteiger partial charge is 0.392 e. The molecule has 0 amide bonds. The lowest BCUT2D eigenvalue weighted by molar-refractivity contribution is 0.178. The summed E-state index contributed by atoms with van der Waals surface area (Å²) in [4.78, 5) is 0. The van der Waals surface area contributed by atoms with Crippen molar-refractivity contribution in [3.8, 4) is 0 Å². The van der Waals surface area contributed by atoms with E-state index < -0.39 is 41.6 Å². The molecule has 2 atom stereocenters. The first kappa shape index (κ1) is 21.0. The van der Waals surface area contributed by atoms with E-state index in [9.17, 15) is 16.8 Å². The first-order valence-electron chi connectivity index (χ1n) is 6.60. The van der Waals surface area contributed by atoms with Crippen LogP contribution in [0.2, 0.25) is 13.1 Å². The molecule has 0 spiro atoms. The molecule has 0 saturated carbocycles. The molecule has 0 heterocycles. The molecule has 0 aliphatic carbocycles. The van der Waals surface area contributed by atoms with Gasteiger partial charge in [-0.25, -0.2) is 8.37 Å². The molecular formula is C10H24O8S2Si. The van der Waals surface area contributed by atoms with Crippen LogP contribution in [0.15, 0.2) is 0 Å². The van der Waals surface area contributed by atoms with E-state index in [0.717, 1.165) is 0 Å². The summed E-state index contributed by atoms with van der Waals surface area (Å²) in [6.45, 7) is 9.12. The van der Waals surface area contributed by atoms with Crippen molar-refractivity contribution >= 4 is 29.4 Å². The highest BCUT2D eigenvalue weighted by molar-refractivity contribution is 7.84. The Hall–Kier alpha value is -0.0431. The molecule has 0 aromatic carbocycles. The zero-order valence-electron chi connectivity index (χ0n) is 13.2. The quantitative estimate of drug-likeness (QED) is 0.541. The summed E-state index contributed by atoms with van der Waals surface area (Å²) in [7, 11) is -12.2. The minimum atomic E-state index is -4.34. The van der Waals surface area contributed by atoms with E-state index in [-0.39, 0.29) is 0 Å². The average Bonchev–Trinajstić information content (AvgIpc) is 2.23. The van der Waals surface area contributed by atoms with Crippen LogP contribution in [0, 0.1) is 0 Å². The zero-order valence-corrected chi connectivity index (χ0v) is 15.8. The summed E-state index contributed by atoms with van der Waals surface area (Å²) in [5, 5.41) is 0. The standard InChI is InChI=1S/C10H24O8S2Si/c1-7-9(3)15-19(11,12)17-21(5,6)18-20(13,14)16-10(4)8-2/h9-10H,7-8H2,1-6H3. The zero-order chi connectivity index (χ0) is 16.9. The molecule has 0 radical (unpaired) electrons. The van der Waals surface area contributed by atoms with Gasteiger partial charge in [0.05, 0.1) is 12.2 Å². The average molecular weight is 365 g/mol. The molecule has 0 bridgehead atoms. The Balaban J connectivity index is 4.84. The van der Waals surface area contributed by atoms with E-state index in [1.165, 1.54) is 13.1 Å². The van der Waals surface area contributed by atoms with Gasteiger partial charge < -0.3 is 0 Å². The van der Waals surface area contributed by atoms with Gasteiger partial charge in [0.15, 0.2) is 0 Å². The molecule has 0 aliphatic rings. The molecule has 0 N–H and O–H groups in total. The van der Waals surface area contributed by atoms with E-state index in [2.05, 4.69) is 0 Å². The summed E-state index contributed by atoms with van der Waals surface area (Å²) in [6.07, 6.45) is -0.234. The van der Waals surface area contributed by atoms with Crippen LogP contribution in [0.4, 0.5) is 0 Å². The molecule has 0 aromatic rings. The van der Waals surface area contributed by atoms with Gasteiger partial charge in [0.25, 0.3) is 0 Å². The molecule has 8 nitrogen and oxygen atoms in total.